The summed E-state index contributed by atoms with van der Waals surface area (Å²) >= 11 is 0. The highest BCUT2D eigenvalue weighted by molar-refractivity contribution is 5.48. The van der Waals surface area contributed by atoms with Crippen LogP contribution < -0.4 is 0 Å². The van der Waals surface area contributed by atoms with Crippen LogP contribution in [0.1, 0.15) is 19.8 Å². The quantitative estimate of drug-likeness (QED) is 0.517. The number of carbonyl (C=O) groups excluding carboxylic acids is 1. The summed E-state index contributed by atoms with van der Waals surface area (Å²) in [5.74, 6) is 0. The second kappa shape index (κ2) is 8.59. The summed E-state index contributed by atoms with van der Waals surface area (Å²) in [5, 5.41) is 0. The van der Waals surface area contributed by atoms with E-state index in [-0.39, 0.29) is 0 Å². The number of hydrogen-bond donors (Lipinski definition) is 0. The molecule has 0 aromatic heterocycles. The molecule has 3 heteroatoms. The maximum atomic E-state index is 9.17. The van der Waals surface area contributed by atoms with Crippen LogP contribution in [0, 0.1) is 0 Å². The molecule has 0 saturated carbocycles. The normalized spacial score (nSPS) is 16.9. The largest absolute Gasteiger partial charge is 0.355 e. The zero-order valence-electron chi connectivity index (χ0n) is 6.34. The van der Waals surface area contributed by atoms with Gasteiger partial charge in [0, 0.05) is 6.42 Å². The van der Waals surface area contributed by atoms with E-state index in [1.165, 1.54) is 0 Å². The summed E-state index contributed by atoms with van der Waals surface area (Å²) in [7, 11) is 0. The van der Waals surface area contributed by atoms with Crippen molar-refractivity contribution in [1.82, 2.24) is 0 Å². The van der Waals surface area contributed by atoms with E-state index in [1.54, 1.807) is 0 Å². The molecule has 0 bridgehead atoms. The third-order valence-electron chi connectivity index (χ3n) is 0.911. The predicted octanol–water partition coefficient (Wildman–Crippen LogP) is 0.976. The van der Waals surface area contributed by atoms with Gasteiger partial charge in [0.25, 0.3) is 0 Å². The first-order valence-corrected chi connectivity index (χ1v) is 3.51. The second-order valence-corrected chi connectivity index (χ2v) is 1.86. The highest BCUT2D eigenvalue weighted by atomic mass is 16.7. The van der Waals surface area contributed by atoms with Crippen LogP contribution in [0.15, 0.2) is 0 Å². The Labute approximate surface area is 61.3 Å². The van der Waals surface area contributed by atoms with Crippen molar-refractivity contribution in [3.05, 3.63) is 0 Å². The van der Waals surface area contributed by atoms with E-state index in [1.807, 2.05) is 6.92 Å². The van der Waals surface area contributed by atoms with Crippen molar-refractivity contribution in [2.45, 2.75) is 19.8 Å². The van der Waals surface area contributed by atoms with Crippen LogP contribution in [0.25, 0.3) is 0 Å². The maximum Gasteiger partial charge on any atom is 0.146 e. The molecule has 0 N–H and O–H groups in total. The van der Waals surface area contributed by atoms with Crippen LogP contribution in [0.4, 0.5) is 0 Å². The Bertz CT molecular complexity index is 57.7. The molecule has 0 unspecified atom stereocenters. The fourth-order valence-electron chi connectivity index (χ4n) is 0.440. The van der Waals surface area contributed by atoms with Gasteiger partial charge in [0.2, 0.25) is 0 Å². The lowest BCUT2D eigenvalue weighted by Gasteiger charge is -2.09. The van der Waals surface area contributed by atoms with Crippen molar-refractivity contribution >= 4 is 6.29 Å². The molecule has 1 aliphatic rings. The van der Waals surface area contributed by atoms with Crippen molar-refractivity contribution in [3.8, 4) is 0 Å². The average molecular weight is 146 g/mol. The molecule has 0 atom stereocenters. The SMILES string of the molecule is C1COCOC1.CCC=O. The first-order chi connectivity index (χ1) is 4.91. The van der Waals surface area contributed by atoms with Crippen molar-refractivity contribution in [1.29, 1.82) is 0 Å². The van der Waals surface area contributed by atoms with Crippen LogP contribution in [0.3, 0.4) is 0 Å². The van der Waals surface area contributed by atoms with Gasteiger partial charge in [-0.3, -0.25) is 0 Å². The van der Waals surface area contributed by atoms with Gasteiger partial charge in [0.15, 0.2) is 0 Å². The Kier molecular flexibility index (Phi) is 8.24. The summed E-state index contributed by atoms with van der Waals surface area (Å²) in [6.07, 6.45) is 2.57. The fraction of sp³-hybridized carbons (Fsp3) is 0.857. The minimum atomic E-state index is 0.500. The van der Waals surface area contributed by atoms with E-state index < -0.39 is 0 Å². The number of rotatable bonds is 1. The standard InChI is InChI=1S/C4H8O2.C3H6O/c1-2-5-4-6-3-1;1-2-3-4/h1-4H2;3H,2H2,1H3. The summed E-state index contributed by atoms with van der Waals surface area (Å²) < 4.78 is 9.69. The van der Waals surface area contributed by atoms with Gasteiger partial charge < -0.3 is 14.3 Å². The van der Waals surface area contributed by atoms with Gasteiger partial charge in [-0.2, -0.15) is 0 Å². The lowest BCUT2D eigenvalue weighted by Crippen LogP contribution is -2.11. The first-order valence-electron chi connectivity index (χ1n) is 3.51. The third-order valence-corrected chi connectivity index (χ3v) is 0.911. The molecule has 1 heterocycles. The van der Waals surface area contributed by atoms with Gasteiger partial charge in [-0.05, 0) is 6.42 Å². The van der Waals surface area contributed by atoms with Gasteiger partial charge in [-0.15, -0.1) is 0 Å². The van der Waals surface area contributed by atoms with E-state index in [9.17, 15) is 4.79 Å². The topological polar surface area (TPSA) is 35.5 Å². The van der Waals surface area contributed by atoms with E-state index in [4.69, 9.17) is 9.47 Å². The van der Waals surface area contributed by atoms with Crippen LogP contribution in [-0.2, 0) is 14.3 Å². The van der Waals surface area contributed by atoms with Crippen molar-refractivity contribution in [2.24, 2.45) is 0 Å². The van der Waals surface area contributed by atoms with Gasteiger partial charge >= 0.3 is 0 Å². The molecule has 0 aliphatic carbocycles. The molecular weight excluding hydrogens is 132 g/mol. The summed E-state index contributed by atoms with van der Waals surface area (Å²) in [4.78, 5) is 9.17. The molecule has 1 fully saturated rings. The lowest BCUT2D eigenvalue weighted by molar-refractivity contribution is -0.107. The van der Waals surface area contributed by atoms with Crippen LogP contribution >= 0.6 is 0 Å². The van der Waals surface area contributed by atoms with Gasteiger partial charge in [0.05, 0.1) is 13.2 Å². The van der Waals surface area contributed by atoms with Crippen LogP contribution in [0.2, 0.25) is 0 Å². The minimum Gasteiger partial charge on any atom is -0.355 e. The predicted molar refractivity (Wildman–Crippen MR) is 37.7 cm³/mol. The van der Waals surface area contributed by atoms with E-state index in [2.05, 4.69) is 0 Å². The Morgan fingerprint density at radius 2 is 1.90 bits per heavy atom. The third kappa shape index (κ3) is 7.59. The number of ether oxygens (including phenoxy) is 2. The van der Waals surface area contributed by atoms with Gasteiger partial charge in [0.1, 0.15) is 13.1 Å². The summed E-state index contributed by atoms with van der Waals surface area (Å²) in [6.45, 7) is 4.06. The molecule has 0 spiro atoms. The van der Waals surface area contributed by atoms with Crippen molar-refractivity contribution in [3.63, 3.8) is 0 Å². The Morgan fingerprint density at radius 1 is 1.40 bits per heavy atom. The maximum absolute atomic E-state index is 9.17. The molecule has 1 rings (SSSR count). The van der Waals surface area contributed by atoms with Crippen LogP contribution in [0.5, 0.6) is 0 Å². The Hall–Kier alpha value is -0.410. The molecule has 0 amide bonds. The summed E-state index contributed by atoms with van der Waals surface area (Å²) in [6, 6.07) is 0. The van der Waals surface area contributed by atoms with Crippen LogP contribution in [-0.4, -0.2) is 26.3 Å². The molecule has 60 valence electrons. The number of carbonyl (C=O) groups is 1. The first kappa shape index (κ1) is 9.59. The second-order valence-electron chi connectivity index (χ2n) is 1.86. The number of hydrogen-bond acceptors (Lipinski definition) is 3. The monoisotopic (exact) mass is 146 g/mol. The molecule has 0 aromatic rings. The molecule has 0 aromatic carbocycles. The average Bonchev–Trinajstić information content (AvgIpc) is 2.08. The van der Waals surface area contributed by atoms with Gasteiger partial charge in [-0.1, -0.05) is 6.92 Å². The number of aldehydes is 1. The fourth-order valence-corrected chi connectivity index (χ4v) is 0.440. The zero-order chi connectivity index (χ0) is 7.66. The molecule has 10 heavy (non-hydrogen) atoms. The van der Waals surface area contributed by atoms with E-state index >= 15 is 0 Å². The molecule has 1 aliphatic heterocycles. The molecule has 3 nitrogen and oxygen atoms in total. The zero-order valence-corrected chi connectivity index (χ0v) is 6.34. The molecular formula is C7H14O3. The molecule has 0 radical (unpaired) electrons. The van der Waals surface area contributed by atoms with E-state index in [0.29, 0.717) is 13.2 Å². The molecule has 1 saturated heterocycles. The highest BCUT2D eigenvalue weighted by Gasteiger charge is 1.94. The van der Waals surface area contributed by atoms with E-state index in [0.717, 1.165) is 25.9 Å². The minimum absolute atomic E-state index is 0.500. The summed E-state index contributed by atoms with van der Waals surface area (Å²) in [5.41, 5.74) is 0. The van der Waals surface area contributed by atoms with Crippen molar-refractivity contribution < 1.29 is 14.3 Å². The lowest BCUT2D eigenvalue weighted by atomic mass is 10.5. The van der Waals surface area contributed by atoms with Crippen molar-refractivity contribution in [2.75, 3.05) is 20.0 Å². The smallest absolute Gasteiger partial charge is 0.146 e. The highest BCUT2D eigenvalue weighted by Crippen LogP contribution is 1.91. The Balaban J connectivity index is 0.000000180. The van der Waals surface area contributed by atoms with Gasteiger partial charge in [-0.25, -0.2) is 0 Å². The Morgan fingerprint density at radius 3 is 2.00 bits per heavy atom.